The van der Waals surface area contributed by atoms with Gasteiger partial charge in [0.1, 0.15) is 24.0 Å². The van der Waals surface area contributed by atoms with Crippen LogP contribution < -0.4 is 20.4 Å². The molecule has 0 radical (unpaired) electrons. The first-order valence-electron chi connectivity index (χ1n) is 20.2. The molecule has 0 aliphatic carbocycles. The molecule has 0 saturated carbocycles. The summed E-state index contributed by atoms with van der Waals surface area (Å²) in [5.74, 6) is -2.58. The maximum absolute atomic E-state index is 15.5. The van der Waals surface area contributed by atoms with E-state index >= 15 is 4.39 Å². The fourth-order valence-electron chi connectivity index (χ4n) is 9.04. The van der Waals surface area contributed by atoms with Gasteiger partial charge in [-0.25, -0.2) is 15.0 Å². The van der Waals surface area contributed by atoms with Crippen molar-refractivity contribution in [2.24, 2.45) is 0 Å². The highest BCUT2D eigenvalue weighted by atomic mass is 19.1. The topological polar surface area (TPSA) is 188 Å². The van der Waals surface area contributed by atoms with Crippen molar-refractivity contribution in [3.05, 3.63) is 99.9 Å². The van der Waals surface area contributed by atoms with E-state index < -0.39 is 41.5 Å². The number of amides is 5. The second-order valence-corrected chi connectivity index (χ2v) is 15.8. The highest BCUT2D eigenvalue weighted by Crippen LogP contribution is 2.33. The lowest BCUT2D eigenvalue weighted by molar-refractivity contribution is -0.136. The lowest BCUT2D eigenvalue weighted by atomic mass is 10.0. The van der Waals surface area contributed by atoms with Gasteiger partial charge in [-0.15, -0.1) is 0 Å². The van der Waals surface area contributed by atoms with E-state index in [9.17, 15) is 29.2 Å². The molecular weight excluding hydrogens is 770 g/mol. The van der Waals surface area contributed by atoms with Gasteiger partial charge in [0.05, 0.1) is 40.6 Å². The molecular formula is C43H42FN11O5. The number of nitriles is 1. The summed E-state index contributed by atoms with van der Waals surface area (Å²) in [6, 6.07) is 15.5. The van der Waals surface area contributed by atoms with Crippen molar-refractivity contribution >= 4 is 52.5 Å². The number of nitrogens with zero attached hydrogens (tertiary/aromatic N) is 9. The molecule has 2 aromatic carbocycles. The van der Waals surface area contributed by atoms with Crippen LogP contribution in [0.25, 0.3) is 0 Å². The Morgan fingerprint density at radius 2 is 1.60 bits per heavy atom. The fourth-order valence-corrected chi connectivity index (χ4v) is 9.04. The number of rotatable bonds is 7. The molecule has 3 fully saturated rings. The number of carbonyl (C=O) groups is 5. The van der Waals surface area contributed by atoms with Crippen molar-refractivity contribution < 1.29 is 28.4 Å². The molecule has 306 valence electrons. The Labute approximate surface area is 345 Å². The molecule has 5 amide bonds. The van der Waals surface area contributed by atoms with Crippen molar-refractivity contribution in [1.82, 2.24) is 35.0 Å². The Morgan fingerprint density at radius 1 is 0.850 bits per heavy atom. The van der Waals surface area contributed by atoms with E-state index in [0.29, 0.717) is 63.1 Å². The number of piperazine rings is 1. The number of benzene rings is 2. The Hall–Kier alpha value is -6.80. The molecule has 17 heteroatoms. The summed E-state index contributed by atoms with van der Waals surface area (Å²) in [7, 11) is 0. The maximum atomic E-state index is 15.5. The number of halogens is 1. The van der Waals surface area contributed by atoms with Gasteiger partial charge in [0.25, 0.3) is 17.7 Å². The van der Waals surface area contributed by atoms with E-state index in [1.54, 1.807) is 23.1 Å². The average molecular weight is 812 g/mol. The molecule has 1 atom stereocenters. The van der Waals surface area contributed by atoms with Crippen molar-refractivity contribution in [2.75, 3.05) is 60.9 Å². The van der Waals surface area contributed by atoms with Crippen LogP contribution in [0.4, 0.5) is 27.4 Å². The number of hydrogen-bond donors (Lipinski definition) is 2. The molecule has 9 rings (SSSR count). The zero-order chi connectivity index (χ0) is 41.7. The molecule has 3 saturated heterocycles. The number of fused-ring (bicyclic) bond motifs is 2. The van der Waals surface area contributed by atoms with E-state index in [2.05, 4.69) is 46.4 Å². The quantitative estimate of drug-likeness (QED) is 0.205. The Kier molecular flexibility index (Phi) is 10.2. The van der Waals surface area contributed by atoms with Crippen molar-refractivity contribution in [1.29, 1.82) is 5.26 Å². The first kappa shape index (κ1) is 38.7. The van der Waals surface area contributed by atoms with Crippen molar-refractivity contribution in [3.63, 3.8) is 0 Å². The van der Waals surface area contributed by atoms with Crippen LogP contribution in [-0.2, 0) is 22.6 Å². The second-order valence-electron chi connectivity index (χ2n) is 15.8. The van der Waals surface area contributed by atoms with E-state index in [1.807, 2.05) is 31.2 Å². The van der Waals surface area contributed by atoms with Gasteiger partial charge in [0.15, 0.2) is 0 Å². The minimum absolute atomic E-state index is 0.0653. The molecule has 5 aliphatic rings. The maximum Gasteiger partial charge on any atom is 0.262 e. The zero-order valence-electron chi connectivity index (χ0n) is 33.0. The third-order valence-corrected chi connectivity index (χ3v) is 12.4. The monoisotopic (exact) mass is 811 g/mol. The lowest BCUT2D eigenvalue weighted by Crippen LogP contribution is -2.54. The molecule has 7 heterocycles. The van der Waals surface area contributed by atoms with Crippen LogP contribution in [0.15, 0.2) is 54.9 Å². The summed E-state index contributed by atoms with van der Waals surface area (Å²) in [4.78, 5) is 86.5. The first-order chi connectivity index (χ1) is 29.1. The van der Waals surface area contributed by atoms with Gasteiger partial charge >= 0.3 is 0 Å². The van der Waals surface area contributed by atoms with E-state index in [4.69, 9.17) is 0 Å². The number of aryl methyl sites for hydroxylation is 1. The van der Waals surface area contributed by atoms with Gasteiger partial charge in [-0.3, -0.25) is 39.1 Å². The Bertz CT molecular complexity index is 2490. The zero-order valence-corrected chi connectivity index (χ0v) is 33.0. The molecule has 0 spiro atoms. The highest BCUT2D eigenvalue weighted by molar-refractivity contribution is 6.23. The minimum Gasteiger partial charge on any atom is -0.371 e. The number of anilines is 4. The number of nitrogens with one attached hydrogen (secondary N) is 2. The number of piperidine rings is 2. The van der Waals surface area contributed by atoms with Crippen LogP contribution in [0.1, 0.15) is 79.1 Å². The van der Waals surface area contributed by atoms with E-state index in [-0.39, 0.29) is 35.3 Å². The van der Waals surface area contributed by atoms with Gasteiger partial charge < -0.3 is 20.0 Å². The Balaban J connectivity index is 0.770. The number of aromatic nitrogens is 3. The highest BCUT2D eigenvalue weighted by Gasteiger charge is 2.45. The summed E-state index contributed by atoms with van der Waals surface area (Å²) in [6.45, 7) is 6.85. The molecule has 5 aliphatic heterocycles. The summed E-state index contributed by atoms with van der Waals surface area (Å²) >= 11 is 0. The number of pyridine rings is 1. The number of imide groups is 2. The standard InChI is InChI=1S/C43H42FN11O5/c1-25-20-28(3-2-26(25)22-45)54-15-12-31-34(23-54)46-24-47-39(31)49-36-8-6-32(38(44)48-36)41(58)53-18-16-52(17-19-53)27-10-13-51(14-11-27)29-4-5-30-33(21-29)43(60)55(42(30)59)35-7-9-37(56)50-40(35)57/h2-6,8,20-21,24,27,35H,7,9-19,23H2,1H3,(H,50,56,57)(H,46,47,48,49). The molecule has 60 heavy (non-hydrogen) atoms. The smallest absolute Gasteiger partial charge is 0.262 e. The SMILES string of the molecule is Cc1cc(N2CCc3c(ncnc3Nc3ccc(C(=O)N4CCN(C5CCN(c6ccc7c(c6)C(=O)N(C6CCC(=O)NC6=O)C7=O)CC5)CC4)c(F)n3)C2)ccc1C#N. The first-order valence-corrected chi connectivity index (χ1v) is 20.2. The molecule has 2 N–H and O–H groups in total. The molecule has 2 aromatic heterocycles. The fraction of sp³-hybridized carbons (Fsp3) is 0.372. The van der Waals surface area contributed by atoms with Gasteiger partial charge in [0.2, 0.25) is 17.8 Å². The molecule has 0 bridgehead atoms. The summed E-state index contributed by atoms with van der Waals surface area (Å²) in [5.41, 5.74) is 5.58. The van der Waals surface area contributed by atoms with Crippen LogP contribution in [0.2, 0.25) is 0 Å². The van der Waals surface area contributed by atoms with Gasteiger partial charge in [-0.05, 0) is 86.7 Å². The van der Waals surface area contributed by atoms with E-state index in [0.717, 1.165) is 59.0 Å². The van der Waals surface area contributed by atoms with Crippen LogP contribution in [0, 0.1) is 24.2 Å². The van der Waals surface area contributed by atoms with Crippen LogP contribution in [-0.4, -0.2) is 117 Å². The Morgan fingerprint density at radius 3 is 2.33 bits per heavy atom. The predicted octanol–water partition coefficient (Wildman–Crippen LogP) is 3.33. The average Bonchev–Trinajstić information content (AvgIpc) is 3.51. The van der Waals surface area contributed by atoms with Crippen LogP contribution in [0.3, 0.4) is 0 Å². The van der Waals surface area contributed by atoms with Crippen LogP contribution >= 0.6 is 0 Å². The second kappa shape index (κ2) is 15.8. The normalized spacial score (nSPS) is 19.9. The number of carbonyl (C=O) groups excluding carboxylic acids is 5. The predicted molar refractivity (Wildman–Crippen MR) is 216 cm³/mol. The molecule has 1 unspecified atom stereocenters. The third-order valence-electron chi connectivity index (χ3n) is 12.4. The summed E-state index contributed by atoms with van der Waals surface area (Å²) in [5, 5.41) is 14.7. The summed E-state index contributed by atoms with van der Waals surface area (Å²) in [6.07, 6.45) is 4.01. The largest absolute Gasteiger partial charge is 0.371 e. The third kappa shape index (κ3) is 7.16. The van der Waals surface area contributed by atoms with Gasteiger partial charge in [-0.1, -0.05) is 0 Å². The molecule has 4 aromatic rings. The summed E-state index contributed by atoms with van der Waals surface area (Å²) < 4.78 is 15.5. The van der Waals surface area contributed by atoms with Crippen molar-refractivity contribution in [2.45, 2.75) is 57.7 Å². The minimum atomic E-state index is -1.01. The molecule has 16 nitrogen and oxygen atoms in total. The van der Waals surface area contributed by atoms with Crippen LogP contribution in [0.5, 0.6) is 0 Å². The van der Waals surface area contributed by atoms with E-state index in [1.165, 1.54) is 12.4 Å². The van der Waals surface area contributed by atoms with Crippen molar-refractivity contribution in [3.8, 4) is 6.07 Å². The lowest BCUT2D eigenvalue weighted by Gasteiger charge is -2.43. The van der Waals surface area contributed by atoms with Gasteiger partial charge in [-0.2, -0.15) is 9.65 Å². The number of hydrogen-bond acceptors (Lipinski definition) is 13. The van der Waals surface area contributed by atoms with Gasteiger partial charge in [0, 0.05) is 75.2 Å².